The Bertz CT molecular complexity index is 376. The summed E-state index contributed by atoms with van der Waals surface area (Å²) < 4.78 is 47.0. The molecule has 0 heterocycles. The van der Waals surface area contributed by atoms with Crippen molar-refractivity contribution in [2.75, 3.05) is 27.2 Å². The van der Waals surface area contributed by atoms with Gasteiger partial charge < -0.3 is 9.64 Å². The van der Waals surface area contributed by atoms with Crippen molar-refractivity contribution >= 4 is 5.97 Å². The van der Waals surface area contributed by atoms with Gasteiger partial charge in [-0.3, -0.25) is 4.79 Å². The van der Waals surface area contributed by atoms with Crippen LogP contribution >= 0.6 is 0 Å². The highest BCUT2D eigenvalue weighted by Gasteiger charge is 2.68. The van der Waals surface area contributed by atoms with E-state index in [1.165, 1.54) is 20.8 Å². The van der Waals surface area contributed by atoms with Crippen molar-refractivity contribution in [2.24, 2.45) is 16.2 Å². The molecule has 6 heteroatoms. The summed E-state index contributed by atoms with van der Waals surface area (Å²) in [6, 6.07) is 0. The SMILES string of the molecule is CN(C)CCCOC(=O)C(CC(C)(C)C)(C(C)(C)C)C(F)(F)F. The van der Waals surface area contributed by atoms with Gasteiger partial charge in [-0.05, 0) is 37.8 Å². The molecule has 0 aromatic carbocycles. The van der Waals surface area contributed by atoms with E-state index < -0.39 is 28.4 Å². The maximum absolute atomic E-state index is 14.0. The zero-order valence-electron chi connectivity index (χ0n) is 15.7. The van der Waals surface area contributed by atoms with Gasteiger partial charge in [-0.1, -0.05) is 41.5 Å². The summed E-state index contributed by atoms with van der Waals surface area (Å²) in [5, 5.41) is 0. The van der Waals surface area contributed by atoms with E-state index in [1.807, 2.05) is 19.0 Å². The number of carbonyl (C=O) groups excluding carboxylic acids is 1. The van der Waals surface area contributed by atoms with E-state index >= 15 is 0 Å². The Morgan fingerprint density at radius 2 is 1.48 bits per heavy atom. The zero-order chi connectivity index (χ0) is 18.7. The monoisotopic (exact) mass is 339 g/mol. The van der Waals surface area contributed by atoms with Crippen LogP contribution in [0.4, 0.5) is 13.2 Å². The van der Waals surface area contributed by atoms with Crippen LogP contribution in [0.1, 0.15) is 54.4 Å². The maximum atomic E-state index is 14.0. The van der Waals surface area contributed by atoms with Crippen LogP contribution in [-0.2, 0) is 9.53 Å². The van der Waals surface area contributed by atoms with E-state index in [0.29, 0.717) is 13.0 Å². The zero-order valence-corrected chi connectivity index (χ0v) is 15.7. The van der Waals surface area contributed by atoms with Gasteiger partial charge in [0.1, 0.15) is 0 Å². The second kappa shape index (κ2) is 7.41. The van der Waals surface area contributed by atoms with Gasteiger partial charge in [0.2, 0.25) is 0 Å². The molecule has 0 amide bonds. The van der Waals surface area contributed by atoms with E-state index in [0.717, 1.165) is 0 Å². The first-order valence-electron chi connectivity index (χ1n) is 7.93. The van der Waals surface area contributed by atoms with Crippen LogP contribution in [0.5, 0.6) is 0 Å². The van der Waals surface area contributed by atoms with Gasteiger partial charge in [-0.25, -0.2) is 0 Å². The number of esters is 1. The molecule has 0 aliphatic carbocycles. The number of hydrogen-bond acceptors (Lipinski definition) is 3. The molecule has 0 aromatic rings. The lowest BCUT2D eigenvalue weighted by Crippen LogP contribution is -2.56. The molecule has 138 valence electrons. The second-order valence-corrected chi connectivity index (χ2v) is 8.68. The van der Waals surface area contributed by atoms with Crippen molar-refractivity contribution in [3.05, 3.63) is 0 Å². The summed E-state index contributed by atoms with van der Waals surface area (Å²) >= 11 is 0. The number of rotatable bonds is 6. The Kier molecular flexibility index (Phi) is 7.16. The molecule has 0 bridgehead atoms. The molecular weight excluding hydrogens is 307 g/mol. The standard InChI is InChI=1S/C17H32F3NO2/c1-14(2,3)12-16(15(4,5)6,17(18,19)20)13(22)23-11-9-10-21(7)8/h9-12H2,1-8H3. The van der Waals surface area contributed by atoms with Crippen molar-refractivity contribution in [1.29, 1.82) is 0 Å². The third-order valence-corrected chi connectivity index (χ3v) is 3.89. The Labute approximate surface area is 138 Å². The van der Waals surface area contributed by atoms with Gasteiger partial charge in [0.05, 0.1) is 6.61 Å². The van der Waals surface area contributed by atoms with Crippen LogP contribution in [0.15, 0.2) is 0 Å². The molecule has 0 radical (unpaired) electrons. The van der Waals surface area contributed by atoms with Gasteiger partial charge in [-0.2, -0.15) is 13.2 Å². The fraction of sp³-hybridized carbons (Fsp3) is 0.941. The quantitative estimate of drug-likeness (QED) is 0.527. The predicted molar refractivity (Wildman–Crippen MR) is 86.1 cm³/mol. The molecule has 0 fully saturated rings. The normalized spacial score (nSPS) is 16.3. The third kappa shape index (κ3) is 5.98. The molecule has 0 aliphatic rings. The number of hydrogen-bond donors (Lipinski definition) is 0. The maximum Gasteiger partial charge on any atom is 0.405 e. The lowest BCUT2D eigenvalue weighted by atomic mass is 9.59. The third-order valence-electron chi connectivity index (χ3n) is 3.89. The van der Waals surface area contributed by atoms with Gasteiger partial charge in [-0.15, -0.1) is 0 Å². The van der Waals surface area contributed by atoms with E-state index in [-0.39, 0.29) is 13.0 Å². The summed E-state index contributed by atoms with van der Waals surface area (Å²) in [7, 11) is 3.72. The average molecular weight is 339 g/mol. The highest BCUT2D eigenvalue weighted by Crippen LogP contribution is 2.57. The molecule has 0 aliphatic heterocycles. The van der Waals surface area contributed by atoms with Gasteiger partial charge in [0.25, 0.3) is 0 Å². The van der Waals surface area contributed by atoms with Crippen LogP contribution in [0.3, 0.4) is 0 Å². The summed E-state index contributed by atoms with van der Waals surface area (Å²) in [5.74, 6) is -1.16. The first-order chi connectivity index (χ1) is 10.0. The van der Waals surface area contributed by atoms with Crippen molar-refractivity contribution in [3.63, 3.8) is 0 Å². The molecule has 0 N–H and O–H groups in total. The van der Waals surface area contributed by atoms with Crippen LogP contribution in [0, 0.1) is 16.2 Å². The predicted octanol–water partition coefficient (Wildman–Crippen LogP) is 4.51. The van der Waals surface area contributed by atoms with Crippen molar-refractivity contribution in [1.82, 2.24) is 4.90 Å². The van der Waals surface area contributed by atoms with E-state index in [9.17, 15) is 18.0 Å². The first-order valence-corrected chi connectivity index (χ1v) is 7.93. The molecule has 1 unspecified atom stereocenters. The molecule has 23 heavy (non-hydrogen) atoms. The number of ether oxygens (including phenoxy) is 1. The Hall–Kier alpha value is -0.780. The van der Waals surface area contributed by atoms with Crippen LogP contribution < -0.4 is 0 Å². The smallest absolute Gasteiger partial charge is 0.405 e. The minimum absolute atomic E-state index is 0.00489. The fourth-order valence-electron chi connectivity index (χ4n) is 2.75. The molecular formula is C17H32F3NO2. The number of nitrogens with zero attached hydrogens (tertiary/aromatic N) is 1. The summed E-state index contributed by atoms with van der Waals surface area (Å²) in [4.78, 5) is 14.4. The topological polar surface area (TPSA) is 29.5 Å². The van der Waals surface area contributed by atoms with E-state index in [4.69, 9.17) is 4.74 Å². The Morgan fingerprint density at radius 1 is 1.00 bits per heavy atom. The van der Waals surface area contributed by atoms with Crippen LogP contribution in [0.2, 0.25) is 0 Å². The van der Waals surface area contributed by atoms with Gasteiger partial charge in [0, 0.05) is 6.54 Å². The Balaban J connectivity index is 5.53. The van der Waals surface area contributed by atoms with Crippen LogP contribution in [-0.4, -0.2) is 44.3 Å². The van der Waals surface area contributed by atoms with Crippen molar-refractivity contribution in [2.45, 2.75) is 60.6 Å². The molecule has 0 rings (SSSR count). The number of alkyl halides is 3. The van der Waals surface area contributed by atoms with E-state index in [2.05, 4.69) is 0 Å². The highest BCUT2D eigenvalue weighted by atomic mass is 19.4. The average Bonchev–Trinajstić information content (AvgIpc) is 2.26. The minimum atomic E-state index is -4.67. The fourth-order valence-corrected chi connectivity index (χ4v) is 2.75. The lowest BCUT2D eigenvalue weighted by molar-refractivity contribution is -0.269. The molecule has 3 nitrogen and oxygen atoms in total. The van der Waals surface area contributed by atoms with E-state index in [1.54, 1.807) is 20.8 Å². The van der Waals surface area contributed by atoms with Gasteiger partial charge in [0.15, 0.2) is 5.41 Å². The second-order valence-electron chi connectivity index (χ2n) is 8.68. The highest BCUT2D eigenvalue weighted by molar-refractivity contribution is 5.79. The Morgan fingerprint density at radius 3 is 1.78 bits per heavy atom. The molecule has 0 aromatic heterocycles. The molecule has 0 saturated heterocycles. The van der Waals surface area contributed by atoms with Gasteiger partial charge >= 0.3 is 12.1 Å². The summed E-state index contributed by atoms with van der Waals surface area (Å²) in [5.41, 5.74) is -4.47. The molecule has 1 atom stereocenters. The summed E-state index contributed by atoms with van der Waals surface area (Å²) in [6.45, 7) is 10.1. The van der Waals surface area contributed by atoms with Crippen LogP contribution in [0.25, 0.3) is 0 Å². The largest absolute Gasteiger partial charge is 0.465 e. The summed E-state index contributed by atoms with van der Waals surface area (Å²) in [6.07, 6.45) is -4.47. The molecule has 0 saturated carbocycles. The number of carbonyl (C=O) groups is 1. The minimum Gasteiger partial charge on any atom is -0.465 e. The number of halogens is 3. The van der Waals surface area contributed by atoms with Crippen molar-refractivity contribution < 1.29 is 22.7 Å². The van der Waals surface area contributed by atoms with Crippen molar-refractivity contribution in [3.8, 4) is 0 Å². The lowest BCUT2D eigenvalue weighted by Gasteiger charge is -2.46. The first kappa shape index (κ1) is 22.2. The molecule has 0 spiro atoms.